The molecular weight excluding hydrogens is 405 g/mol. The molecule has 0 atom stereocenters. The van der Waals surface area contributed by atoms with E-state index in [4.69, 9.17) is 23.2 Å². The van der Waals surface area contributed by atoms with Gasteiger partial charge in [0.05, 0.1) is 20.9 Å². The molecule has 25 heavy (non-hydrogen) atoms. The third kappa shape index (κ3) is 4.60. The van der Waals surface area contributed by atoms with Crippen LogP contribution < -0.4 is 5.32 Å². The van der Waals surface area contributed by atoms with E-state index >= 15 is 0 Å². The smallest absolute Gasteiger partial charge is 0.270 e. The van der Waals surface area contributed by atoms with Gasteiger partial charge in [0.1, 0.15) is 0 Å². The van der Waals surface area contributed by atoms with Crippen molar-refractivity contribution < 1.29 is 9.72 Å². The fraction of sp³-hybridized carbons (Fsp3) is 0.0667. The predicted octanol–water partition coefficient (Wildman–Crippen LogP) is 5.24. The number of amides is 1. The Bertz CT molecular complexity index is 958. The lowest BCUT2D eigenvalue weighted by Gasteiger charge is -2.05. The second-order valence-corrected chi connectivity index (χ2v) is 8.01. The minimum atomic E-state index is -0.449. The number of carbonyl (C=O) groups excluding carboxylic acids is 1. The van der Waals surface area contributed by atoms with Gasteiger partial charge in [-0.25, -0.2) is 4.98 Å². The Labute approximate surface area is 160 Å². The van der Waals surface area contributed by atoms with E-state index in [0.29, 0.717) is 30.3 Å². The molecule has 0 aliphatic carbocycles. The molecule has 0 bridgehead atoms. The fourth-order valence-corrected chi connectivity index (χ4v) is 4.45. The van der Waals surface area contributed by atoms with E-state index < -0.39 is 4.92 Å². The van der Waals surface area contributed by atoms with Crippen molar-refractivity contribution in [3.63, 3.8) is 0 Å². The van der Waals surface area contributed by atoms with Crippen LogP contribution in [0.4, 0.5) is 11.4 Å². The first-order chi connectivity index (χ1) is 11.9. The van der Waals surface area contributed by atoms with Crippen molar-refractivity contribution in [2.45, 2.75) is 4.34 Å². The maximum absolute atomic E-state index is 12.0. The Kier molecular flexibility index (Phi) is 5.43. The van der Waals surface area contributed by atoms with Crippen molar-refractivity contribution in [2.24, 2.45) is 0 Å². The average molecular weight is 414 g/mol. The Morgan fingerprint density at radius 2 is 1.96 bits per heavy atom. The molecule has 0 fully saturated rings. The van der Waals surface area contributed by atoms with Crippen molar-refractivity contribution >= 4 is 73.8 Å². The number of fused-ring (bicyclic) bond motifs is 1. The molecule has 0 radical (unpaired) electrons. The zero-order chi connectivity index (χ0) is 18.0. The summed E-state index contributed by atoms with van der Waals surface area (Å²) in [5.41, 5.74) is 1.20. The van der Waals surface area contributed by atoms with Crippen LogP contribution in [0.3, 0.4) is 0 Å². The minimum Gasteiger partial charge on any atom is -0.325 e. The molecule has 3 rings (SSSR count). The maximum Gasteiger partial charge on any atom is 0.270 e. The molecule has 0 saturated heterocycles. The van der Waals surface area contributed by atoms with Crippen LogP contribution in [0.25, 0.3) is 10.2 Å². The lowest BCUT2D eigenvalue weighted by Crippen LogP contribution is -2.13. The van der Waals surface area contributed by atoms with E-state index in [1.165, 1.54) is 35.2 Å². The summed E-state index contributed by atoms with van der Waals surface area (Å²) < 4.78 is 1.37. The number of nitrogens with one attached hydrogen (secondary N) is 1. The highest BCUT2D eigenvalue weighted by Gasteiger charge is 2.12. The van der Waals surface area contributed by atoms with E-state index in [2.05, 4.69) is 10.3 Å². The number of halogens is 2. The summed E-state index contributed by atoms with van der Waals surface area (Å²) in [7, 11) is 0. The number of nitro groups is 1. The fourth-order valence-electron chi connectivity index (χ4n) is 2.02. The van der Waals surface area contributed by atoms with Gasteiger partial charge in [0, 0.05) is 27.9 Å². The average Bonchev–Trinajstić information content (AvgIpc) is 2.93. The molecule has 0 aliphatic rings. The number of non-ortho nitro benzene ring substituents is 1. The van der Waals surface area contributed by atoms with Crippen molar-refractivity contribution in [3.8, 4) is 0 Å². The molecular formula is C15H9Cl2N3O3S2. The molecule has 6 nitrogen and oxygen atoms in total. The summed E-state index contributed by atoms with van der Waals surface area (Å²) in [6.45, 7) is 0. The van der Waals surface area contributed by atoms with E-state index in [-0.39, 0.29) is 17.3 Å². The third-order valence-electron chi connectivity index (χ3n) is 3.04. The highest BCUT2D eigenvalue weighted by Crippen LogP contribution is 2.32. The highest BCUT2D eigenvalue weighted by atomic mass is 35.5. The number of hydrogen-bond donors (Lipinski definition) is 1. The summed E-state index contributed by atoms with van der Waals surface area (Å²) in [5.74, 6) is -0.0833. The van der Waals surface area contributed by atoms with Crippen LogP contribution in [0.2, 0.25) is 10.0 Å². The molecule has 1 heterocycles. The highest BCUT2D eigenvalue weighted by molar-refractivity contribution is 8.01. The van der Waals surface area contributed by atoms with Gasteiger partial charge in [0.25, 0.3) is 5.69 Å². The molecule has 0 saturated carbocycles. The second-order valence-electron chi connectivity index (χ2n) is 4.88. The molecule has 10 heteroatoms. The number of thioether (sulfide) groups is 1. The number of thiazole rings is 1. The van der Waals surface area contributed by atoms with E-state index in [1.54, 1.807) is 24.3 Å². The number of rotatable bonds is 5. The van der Waals surface area contributed by atoms with Gasteiger partial charge in [-0.2, -0.15) is 0 Å². The summed E-state index contributed by atoms with van der Waals surface area (Å²) >= 11 is 14.3. The van der Waals surface area contributed by atoms with Crippen LogP contribution in [0.1, 0.15) is 0 Å². The molecule has 0 spiro atoms. The first-order valence-electron chi connectivity index (χ1n) is 6.84. The number of nitrogens with zero attached hydrogens (tertiary/aromatic N) is 2. The third-order valence-corrected chi connectivity index (χ3v) is 5.63. The second kappa shape index (κ2) is 7.57. The monoisotopic (exact) mass is 413 g/mol. The number of aromatic nitrogens is 1. The predicted molar refractivity (Wildman–Crippen MR) is 102 cm³/mol. The van der Waals surface area contributed by atoms with Crippen LogP contribution in [0, 0.1) is 10.1 Å². The molecule has 128 valence electrons. The van der Waals surface area contributed by atoms with Gasteiger partial charge in [-0.3, -0.25) is 14.9 Å². The van der Waals surface area contributed by atoms with Crippen molar-refractivity contribution in [1.29, 1.82) is 0 Å². The van der Waals surface area contributed by atoms with E-state index in [0.717, 1.165) is 0 Å². The van der Waals surface area contributed by atoms with Crippen LogP contribution >= 0.6 is 46.3 Å². The zero-order valence-electron chi connectivity index (χ0n) is 12.4. The standard InChI is InChI=1S/C15H9Cl2N3O3S2/c16-8-3-9(17)5-10(4-8)18-14(21)7-24-15-19-12-2-1-11(20(22)23)6-13(12)25-15/h1-6H,7H2,(H,18,21). The molecule has 0 unspecified atom stereocenters. The van der Waals surface area contributed by atoms with Gasteiger partial charge < -0.3 is 5.32 Å². The molecule has 2 aromatic carbocycles. The number of nitro benzene ring substituents is 1. The summed E-state index contributed by atoms with van der Waals surface area (Å²) in [6.07, 6.45) is 0. The van der Waals surface area contributed by atoms with Crippen LogP contribution in [0.15, 0.2) is 40.7 Å². The molecule has 3 aromatic rings. The number of carbonyl (C=O) groups is 1. The minimum absolute atomic E-state index is 0.0169. The van der Waals surface area contributed by atoms with Crippen molar-refractivity contribution in [1.82, 2.24) is 4.98 Å². The summed E-state index contributed by atoms with van der Waals surface area (Å²) in [5, 5.41) is 14.4. The topological polar surface area (TPSA) is 85.1 Å². The SMILES string of the molecule is O=C(CSc1nc2ccc([N+](=O)[O-])cc2s1)Nc1cc(Cl)cc(Cl)c1. The van der Waals surface area contributed by atoms with Crippen LogP contribution in [-0.2, 0) is 4.79 Å². The number of benzene rings is 2. The molecule has 1 amide bonds. The Morgan fingerprint density at radius 1 is 1.24 bits per heavy atom. The quantitative estimate of drug-likeness (QED) is 0.351. The van der Waals surface area contributed by atoms with Gasteiger partial charge >= 0.3 is 0 Å². The van der Waals surface area contributed by atoms with Gasteiger partial charge in [-0.15, -0.1) is 11.3 Å². The van der Waals surface area contributed by atoms with Gasteiger partial charge in [0.2, 0.25) is 5.91 Å². The van der Waals surface area contributed by atoms with Gasteiger partial charge in [0.15, 0.2) is 4.34 Å². The van der Waals surface area contributed by atoms with Gasteiger partial charge in [-0.1, -0.05) is 35.0 Å². The van der Waals surface area contributed by atoms with Crippen molar-refractivity contribution in [2.75, 3.05) is 11.1 Å². The number of hydrogen-bond acceptors (Lipinski definition) is 6. The maximum atomic E-state index is 12.0. The molecule has 1 aromatic heterocycles. The lowest BCUT2D eigenvalue weighted by molar-refractivity contribution is -0.384. The summed E-state index contributed by atoms with van der Waals surface area (Å²) in [6, 6.07) is 9.27. The Hall–Kier alpha value is -1.87. The van der Waals surface area contributed by atoms with Crippen LogP contribution in [-0.4, -0.2) is 21.6 Å². The normalized spacial score (nSPS) is 10.8. The van der Waals surface area contributed by atoms with E-state index in [1.807, 2.05) is 0 Å². The molecule has 0 aliphatic heterocycles. The van der Waals surface area contributed by atoms with Crippen molar-refractivity contribution in [3.05, 3.63) is 56.6 Å². The summed E-state index contributed by atoms with van der Waals surface area (Å²) in [4.78, 5) is 26.7. The van der Waals surface area contributed by atoms with Gasteiger partial charge in [-0.05, 0) is 24.3 Å². The van der Waals surface area contributed by atoms with Crippen LogP contribution in [0.5, 0.6) is 0 Å². The first kappa shape index (κ1) is 17.9. The zero-order valence-corrected chi connectivity index (χ0v) is 15.5. The number of anilines is 1. The Balaban J connectivity index is 1.65. The lowest BCUT2D eigenvalue weighted by atomic mass is 10.3. The Morgan fingerprint density at radius 3 is 2.64 bits per heavy atom. The van der Waals surface area contributed by atoms with E-state index in [9.17, 15) is 14.9 Å². The largest absolute Gasteiger partial charge is 0.325 e. The first-order valence-corrected chi connectivity index (χ1v) is 9.40. The molecule has 1 N–H and O–H groups in total.